The van der Waals surface area contributed by atoms with Gasteiger partial charge in [0.25, 0.3) is 0 Å². The fourth-order valence-electron chi connectivity index (χ4n) is 3.88. The molecule has 1 saturated heterocycles. The van der Waals surface area contributed by atoms with Gasteiger partial charge in [-0.1, -0.05) is 96.8 Å². The summed E-state index contributed by atoms with van der Waals surface area (Å²) in [5.74, 6) is 0.273. The molecule has 0 aliphatic carbocycles. The van der Waals surface area contributed by atoms with Crippen LogP contribution in [0.1, 0.15) is 110 Å². The number of carbonyl (C=O) groups excluding carboxylic acids is 2. The summed E-state index contributed by atoms with van der Waals surface area (Å²) in [6.07, 6.45) is 21.8. The van der Waals surface area contributed by atoms with Crippen LogP contribution in [0, 0.1) is 0 Å². The van der Waals surface area contributed by atoms with E-state index in [2.05, 4.69) is 6.92 Å². The monoisotopic (exact) mass is 380 g/mol. The maximum atomic E-state index is 12.1. The molecule has 1 heterocycles. The summed E-state index contributed by atoms with van der Waals surface area (Å²) in [6, 6.07) is 0. The molecule has 2 amide bonds. The van der Waals surface area contributed by atoms with Crippen LogP contribution in [0.4, 0.5) is 0 Å². The van der Waals surface area contributed by atoms with Crippen LogP contribution in [0.3, 0.4) is 0 Å². The minimum atomic E-state index is 0.273. The first-order chi connectivity index (χ1) is 13.3. The zero-order valence-corrected chi connectivity index (χ0v) is 17.9. The van der Waals surface area contributed by atoms with Crippen molar-refractivity contribution in [1.82, 2.24) is 9.80 Å². The molecule has 0 aromatic heterocycles. The van der Waals surface area contributed by atoms with Crippen LogP contribution in [-0.4, -0.2) is 48.3 Å². The molecule has 0 bridgehead atoms. The van der Waals surface area contributed by atoms with Crippen LogP contribution in [-0.2, 0) is 9.59 Å². The van der Waals surface area contributed by atoms with Crippen LogP contribution in [0.15, 0.2) is 0 Å². The highest BCUT2D eigenvalue weighted by molar-refractivity contribution is 5.76. The van der Waals surface area contributed by atoms with Crippen LogP contribution < -0.4 is 0 Å². The van der Waals surface area contributed by atoms with Crippen LogP contribution in [0.5, 0.6) is 0 Å². The van der Waals surface area contributed by atoms with Gasteiger partial charge < -0.3 is 9.80 Å². The predicted octanol–water partition coefficient (Wildman–Crippen LogP) is 5.55. The average molecular weight is 381 g/mol. The molecule has 0 radical (unpaired) electrons. The SMILES string of the molecule is CCCCCCCCCCCCCCCCCC(=O)N1CCN(C=O)CC1. The third kappa shape index (κ3) is 12.9. The van der Waals surface area contributed by atoms with E-state index in [4.69, 9.17) is 0 Å². The van der Waals surface area contributed by atoms with E-state index in [9.17, 15) is 9.59 Å². The van der Waals surface area contributed by atoms with E-state index in [1.807, 2.05) is 4.90 Å². The van der Waals surface area contributed by atoms with Crippen molar-refractivity contribution in [2.75, 3.05) is 26.2 Å². The molecule has 1 aliphatic rings. The van der Waals surface area contributed by atoms with E-state index in [1.165, 1.54) is 89.9 Å². The van der Waals surface area contributed by atoms with Gasteiger partial charge in [0.05, 0.1) is 0 Å². The lowest BCUT2D eigenvalue weighted by Crippen LogP contribution is -2.48. The molecule has 0 aromatic rings. The number of rotatable bonds is 17. The largest absolute Gasteiger partial charge is 0.342 e. The number of hydrogen-bond acceptors (Lipinski definition) is 2. The maximum Gasteiger partial charge on any atom is 0.222 e. The summed E-state index contributed by atoms with van der Waals surface area (Å²) in [7, 11) is 0. The third-order valence-corrected chi connectivity index (χ3v) is 5.81. The van der Waals surface area contributed by atoms with Gasteiger partial charge >= 0.3 is 0 Å². The molecule has 27 heavy (non-hydrogen) atoms. The number of amides is 2. The lowest BCUT2D eigenvalue weighted by molar-refractivity contribution is -0.135. The Morgan fingerprint density at radius 1 is 0.667 bits per heavy atom. The van der Waals surface area contributed by atoms with Crippen molar-refractivity contribution >= 4 is 12.3 Å². The minimum absolute atomic E-state index is 0.273. The highest BCUT2D eigenvalue weighted by Crippen LogP contribution is 2.14. The summed E-state index contributed by atoms with van der Waals surface area (Å²) >= 11 is 0. The Hall–Kier alpha value is -1.06. The lowest BCUT2D eigenvalue weighted by Gasteiger charge is -2.32. The third-order valence-electron chi connectivity index (χ3n) is 5.81. The standard InChI is InChI=1S/C23H44N2O2/c1-2-3-4-5-6-7-8-9-10-11-12-13-14-15-16-17-23(27)25-20-18-24(22-26)19-21-25/h22H,2-21H2,1H3. The van der Waals surface area contributed by atoms with Crippen molar-refractivity contribution in [2.24, 2.45) is 0 Å². The van der Waals surface area contributed by atoms with Gasteiger partial charge in [-0.15, -0.1) is 0 Å². The first-order valence-electron chi connectivity index (χ1n) is 11.7. The van der Waals surface area contributed by atoms with Gasteiger partial charge in [0.15, 0.2) is 0 Å². The Labute approximate surface area is 168 Å². The molecule has 0 unspecified atom stereocenters. The Morgan fingerprint density at radius 2 is 1.07 bits per heavy atom. The van der Waals surface area contributed by atoms with Gasteiger partial charge in [-0.3, -0.25) is 9.59 Å². The van der Waals surface area contributed by atoms with Crippen molar-refractivity contribution in [3.8, 4) is 0 Å². The second-order valence-electron chi connectivity index (χ2n) is 8.22. The fraction of sp³-hybridized carbons (Fsp3) is 0.913. The topological polar surface area (TPSA) is 40.6 Å². The van der Waals surface area contributed by atoms with Gasteiger partial charge in [-0.25, -0.2) is 0 Å². The molecule has 0 N–H and O–H groups in total. The Morgan fingerprint density at radius 3 is 1.48 bits per heavy atom. The quantitative estimate of drug-likeness (QED) is 0.245. The molecule has 1 aliphatic heterocycles. The molecule has 0 spiro atoms. The summed E-state index contributed by atoms with van der Waals surface area (Å²) in [6.45, 7) is 5.06. The normalized spacial score (nSPS) is 14.6. The molecule has 1 rings (SSSR count). The van der Waals surface area contributed by atoms with Crippen molar-refractivity contribution < 1.29 is 9.59 Å². The smallest absolute Gasteiger partial charge is 0.222 e. The zero-order chi connectivity index (χ0) is 19.6. The van der Waals surface area contributed by atoms with Gasteiger partial charge in [0.1, 0.15) is 0 Å². The van der Waals surface area contributed by atoms with E-state index in [0.29, 0.717) is 32.6 Å². The molecule has 0 atom stereocenters. The Balaban J connectivity index is 1.79. The van der Waals surface area contributed by atoms with E-state index in [1.54, 1.807) is 4.90 Å². The average Bonchev–Trinajstić information content (AvgIpc) is 2.70. The molecule has 4 heteroatoms. The number of piperazine rings is 1. The maximum absolute atomic E-state index is 12.1. The second-order valence-corrected chi connectivity index (χ2v) is 8.22. The van der Waals surface area contributed by atoms with Crippen molar-refractivity contribution in [3.05, 3.63) is 0 Å². The van der Waals surface area contributed by atoms with Gasteiger partial charge in [0, 0.05) is 32.6 Å². The Bertz CT molecular complexity index is 365. The molecule has 4 nitrogen and oxygen atoms in total. The first-order valence-corrected chi connectivity index (χ1v) is 11.7. The van der Waals surface area contributed by atoms with Crippen LogP contribution in [0.2, 0.25) is 0 Å². The number of carbonyl (C=O) groups is 2. The zero-order valence-electron chi connectivity index (χ0n) is 17.9. The van der Waals surface area contributed by atoms with Gasteiger partial charge in [-0.2, -0.15) is 0 Å². The number of unbranched alkanes of at least 4 members (excludes halogenated alkanes) is 14. The van der Waals surface area contributed by atoms with Gasteiger partial charge in [-0.05, 0) is 6.42 Å². The fourth-order valence-corrected chi connectivity index (χ4v) is 3.88. The van der Waals surface area contributed by atoms with Crippen molar-refractivity contribution in [1.29, 1.82) is 0 Å². The molecule has 0 aromatic carbocycles. The van der Waals surface area contributed by atoms with Crippen molar-refractivity contribution in [2.45, 2.75) is 110 Å². The lowest BCUT2D eigenvalue weighted by atomic mass is 10.0. The highest BCUT2D eigenvalue weighted by atomic mass is 16.2. The van der Waals surface area contributed by atoms with E-state index in [0.717, 1.165) is 12.8 Å². The Kier molecular flexibility index (Phi) is 15.2. The molecular formula is C23H44N2O2. The molecule has 158 valence electrons. The van der Waals surface area contributed by atoms with Crippen LogP contribution in [0.25, 0.3) is 0 Å². The van der Waals surface area contributed by atoms with E-state index >= 15 is 0 Å². The minimum Gasteiger partial charge on any atom is -0.342 e. The molecule has 0 saturated carbocycles. The summed E-state index contributed by atoms with van der Waals surface area (Å²) in [5.41, 5.74) is 0. The van der Waals surface area contributed by atoms with Crippen molar-refractivity contribution in [3.63, 3.8) is 0 Å². The number of nitrogens with zero attached hydrogens (tertiary/aromatic N) is 2. The highest BCUT2D eigenvalue weighted by Gasteiger charge is 2.19. The predicted molar refractivity (Wildman–Crippen MR) is 114 cm³/mol. The molecular weight excluding hydrogens is 336 g/mol. The first kappa shape index (κ1) is 24.0. The summed E-state index contributed by atoms with van der Waals surface area (Å²) in [5, 5.41) is 0. The second kappa shape index (κ2) is 17.1. The van der Waals surface area contributed by atoms with Crippen LogP contribution >= 0.6 is 0 Å². The van der Waals surface area contributed by atoms with E-state index < -0.39 is 0 Å². The summed E-state index contributed by atoms with van der Waals surface area (Å²) in [4.78, 5) is 26.5. The number of hydrogen-bond donors (Lipinski definition) is 0. The molecule has 1 fully saturated rings. The van der Waals surface area contributed by atoms with E-state index in [-0.39, 0.29) is 5.91 Å². The van der Waals surface area contributed by atoms with Gasteiger partial charge in [0.2, 0.25) is 12.3 Å². The summed E-state index contributed by atoms with van der Waals surface area (Å²) < 4.78 is 0.